The van der Waals surface area contributed by atoms with Crippen LogP contribution < -0.4 is 5.32 Å². The minimum Gasteiger partial charge on any atom is -0.366 e. The van der Waals surface area contributed by atoms with E-state index in [4.69, 9.17) is 4.98 Å². The number of benzene rings is 2. The van der Waals surface area contributed by atoms with Gasteiger partial charge in [0.05, 0.1) is 21.3 Å². The molecule has 0 bridgehead atoms. The molecule has 1 atom stereocenters. The van der Waals surface area contributed by atoms with Gasteiger partial charge < -0.3 is 5.32 Å². The Morgan fingerprint density at radius 3 is 2.64 bits per heavy atom. The van der Waals surface area contributed by atoms with Crippen LogP contribution in [0.4, 0.5) is 5.82 Å². The van der Waals surface area contributed by atoms with Crippen molar-refractivity contribution in [3.05, 3.63) is 95.0 Å². The molecule has 1 unspecified atom stereocenters. The van der Waals surface area contributed by atoms with Gasteiger partial charge in [-0.05, 0) is 58.3 Å². The smallest absolute Gasteiger partial charge is 0.178 e. The Kier molecular flexibility index (Phi) is 8.57. The second-order valence-electron chi connectivity index (χ2n) is 9.79. The number of hydrogen-bond acceptors (Lipinski definition) is 6. The van der Waals surface area contributed by atoms with E-state index >= 15 is 0 Å². The highest BCUT2D eigenvalue weighted by Crippen LogP contribution is 2.31. The number of hydrogen-bond donors (Lipinski definition) is 1. The van der Waals surface area contributed by atoms with E-state index in [1.165, 1.54) is 0 Å². The molecule has 0 saturated heterocycles. The first-order chi connectivity index (χ1) is 19.0. The molecular weight excluding hydrogens is 574 g/mol. The third kappa shape index (κ3) is 6.31. The molecule has 0 aliphatic heterocycles. The second kappa shape index (κ2) is 12.3. The summed E-state index contributed by atoms with van der Waals surface area (Å²) in [7, 11) is -3.43. The van der Waals surface area contributed by atoms with Crippen molar-refractivity contribution in [1.82, 2.24) is 19.6 Å². The molecular formula is C30H32BrN5O2S. The minimum absolute atomic E-state index is 0.106. The van der Waals surface area contributed by atoms with E-state index < -0.39 is 9.84 Å². The van der Waals surface area contributed by atoms with Gasteiger partial charge in [0.25, 0.3) is 0 Å². The molecule has 3 aromatic heterocycles. The molecule has 0 spiro atoms. The zero-order valence-electron chi connectivity index (χ0n) is 21.9. The average molecular weight is 607 g/mol. The molecule has 2 aromatic carbocycles. The van der Waals surface area contributed by atoms with Crippen LogP contribution in [0.5, 0.6) is 0 Å². The molecule has 1 N–H and O–H groups in total. The van der Waals surface area contributed by atoms with Gasteiger partial charge in [0.15, 0.2) is 15.5 Å². The summed E-state index contributed by atoms with van der Waals surface area (Å²) in [5.74, 6) is 1.09. The van der Waals surface area contributed by atoms with Crippen LogP contribution in [-0.4, -0.2) is 33.8 Å². The summed E-state index contributed by atoms with van der Waals surface area (Å²) < 4.78 is 29.4. The summed E-state index contributed by atoms with van der Waals surface area (Å²) in [5.41, 5.74) is 2.76. The fourth-order valence-corrected chi connectivity index (χ4v) is 6.89. The van der Waals surface area contributed by atoms with E-state index in [1.807, 2.05) is 54.7 Å². The molecule has 7 nitrogen and oxygen atoms in total. The quantitative estimate of drug-likeness (QED) is 0.162. The molecule has 0 fully saturated rings. The number of unbranched alkanes of at least 4 members (excludes halogenated alkanes) is 1. The Labute approximate surface area is 237 Å². The highest BCUT2D eigenvalue weighted by atomic mass is 79.9. The van der Waals surface area contributed by atoms with Crippen LogP contribution in [0.15, 0.2) is 88.6 Å². The number of pyridine rings is 1. The van der Waals surface area contributed by atoms with Gasteiger partial charge in [0.2, 0.25) is 0 Å². The highest BCUT2D eigenvalue weighted by molar-refractivity contribution is 9.10. The highest BCUT2D eigenvalue weighted by Gasteiger charge is 2.21. The molecule has 3 heterocycles. The largest absolute Gasteiger partial charge is 0.366 e. The fraction of sp³-hybridized carbons (Fsp3) is 0.300. The van der Waals surface area contributed by atoms with Crippen LogP contribution in [0, 0.1) is 0 Å². The molecule has 0 radical (unpaired) electrons. The van der Waals surface area contributed by atoms with E-state index in [2.05, 4.69) is 44.3 Å². The lowest BCUT2D eigenvalue weighted by Gasteiger charge is -2.19. The minimum atomic E-state index is -3.43. The summed E-state index contributed by atoms with van der Waals surface area (Å²) in [6.45, 7) is 2.78. The van der Waals surface area contributed by atoms with Crippen LogP contribution in [-0.2, 0) is 16.4 Å². The Morgan fingerprint density at radius 2 is 1.82 bits per heavy atom. The second-order valence-corrected chi connectivity index (χ2v) is 12.7. The normalized spacial score (nSPS) is 12.7. The van der Waals surface area contributed by atoms with Gasteiger partial charge in [-0.3, -0.25) is 4.98 Å². The Hall–Kier alpha value is -3.30. The Bertz CT molecular complexity index is 1670. The lowest BCUT2D eigenvalue weighted by atomic mass is 9.93. The van der Waals surface area contributed by atoms with Crippen LogP contribution in [0.1, 0.15) is 56.2 Å². The lowest BCUT2D eigenvalue weighted by molar-refractivity contribution is 0.526. The van der Waals surface area contributed by atoms with E-state index in [9.17, 15) is 8.42 Å². The maximum atomic E-state index is 13.4. The van der Waals surface area contributed by atoms with Gasteiger partial charge in [0.1, 0.15) is 5.82 Å². The number of anilines is 1. The predicted octanol–water partition coefficient (Wildman–Crippen LogP) is 7.18. The van der Waals surface area contributed by atoms with E-state index in [0.717, 1.165) is 63.7 Å². The maximum absolute atomic E-state index is 13.4. The topological polar surface area (TPSA) is 89.2 Å². The number of nitrogens with one attached hydrogen (secondary N) is 1. The fourth-order valence-electron chi connectivity index (χ4n) is 4.97. The van der Waals surface area contributed by atoms with Crippen molar-refractivity contribution in [3.8, 4) is 0 Å². The van der Waals surface area contributed by atoms with E-state index in [-0.39, 0.29) is 11.7 Å². The molecule has 0 amide bonds. The molecule has 0 aliphatic rings. The van der Waals surface area contributed by atoms with E-state index in [0.29, 0.717) is 17.9 Å². The third-order valence-electron chi connectivity index (χ3n) is 7.02. The first-order valence-corrected chi connectivity index (χ1v) is 15.8. The first-order valence-electron chi connectivity index (χ1n) is 13.3. The molecule has 0 saturated carbocycles. The van der Waals surface area contributed by atoms with Crippen molar-refractivity contribution in [2.45, 2.75) is 56.4 Å². The molecule has 0 aliphatic carbocycles. The zero-order valence-corrected chi connectivity index (χ0v) is 24.3. The molecule has 202 valence electrons. The molecule has 5 aromatic rings. The number of halogens is 1. The van der Waals surface area contributed by atoms with Crippen molar-refractivity contribution < 1.29 is 8.42 Å². The molecule has 39 heavy (non-hydrogen) atoms. The predicted molar refractivity (Wildman–Crippen MR) is 160 cm³/mol. The van der Waals surface area contributed by atoms with Crippen LogP contribution in [0.3, 0.4) is 0 Å². The maximum Gasteiger partial charge on any atom is 0.178 e. The summed E-state index contributed by atoms with van der Waals surface area (Å²) >= 11 is 3.59. The van der Waals surface area contributed by atoms with Crippen molar-refractivity contribution in [2.24, 2.45) is 0 Å². The number of rotatable bonds is 12. The van der Waals surface area contributed by atoms with Gasteiger partial charge >= 0.3 is 0 Å². The molecule has 9 heteroatoms. The number of aromatic nitrogens is 4. The Morgan fingerprint density at radius 1 is 1.00 bits per heavy atom. The Balaban J connectivity index is 1.38. The van der Waals surface area contributed by atoms with Gasteiger partial charge in [-0.2, -0.15) is 9.61 Å². The summed E-state index contributed by atoms with van der Waals surface area (Å²) in [6, 6.07) is 19.1. The monoisotopic (exact) mass is 605 g/mol. The SMILES string of the molecule is CCCCC(CCCS(=O)(=O)c1cccc2ccccc12)c1cc(NCc2cccnc2)n2ncc(Br)c2n1. The average Bonchev–Trinajstić information content (AvgIpc) is 3.34. The van der Waals surface area contributed by atoms with Gasteiger partial charge in [-0.25, -0.2) is 13.4 Å². The third-order valence-corrected chi connectivity index (χ3v) is 9.43. The summed E-state index contributed by atoms with van der Waals surface area (Å²) in [4.78, 5) is 9.59. The van der Waals surface area contributed by atoms with Crippen LogP contribution >= 0.6 is 15.9 Å². The molecule has 5 rings (SSSR count). The number of fused-ring (bicyclic) bond motifs is 2. The van der Waals surface area contributed by atoms with Gasteiger partial charge in [-0.1, -0.05) is 62.2 Å². The van der Waals surface area contributed by atoms with Crippen LogP contribution in [0.2, 0.25) is 0 Å². The summed E-state index contributed by atoms with van der Waals surface area (Å²) in [6.07, 6.45) is 9.71. The first kappa shape index (κ1) is 27.3. The van der Waals surface area contributed by atoms with Gasteiger partial charge in [0, 0.05) is 42.0 Å². The van der Waals surface area contributed by atoms with Gasteiger partial charge in [-0.15, -0.1) is 0 Å². The van der Waals surface area contributed by atoms with Crippen molar-refractivity contribution in [2.75, 3.05) is 11.1 Å². The van der Waals surface area contributed by atoms with E-state index in [1.54, 1.807) is 23.0 Å². The summed E-state index contributed by atoms with van der Waals surface area (Å²) in [5, 5.41) is 9.71. The lowest BCUT2D eigenvalue weighted by Crippen LogP contribution is -2.12. The standard InChI is InChI=1S/C30H32BrN5O2S/c1-2-3-10-24(13-8-17-39(37,38)28-15-6-12-23-11-4-5-14-25(23)28)27-18-29(33-20-22-9-7-16-32-19-22)36-30(35-27)26(31)21-34-36/h4-7,9,11-12,14-16,18-19,21,24,33H,2-3,8,10,13,17,20H2,1H3. The number of sulfone groups is 1. The number of nitrogens with zero attached hydrogens (tertiary/aromatic N) is 4. The van der Waals surface area contributed by atoms with Crippen molar-refractivity contribution in [3.63, 3.8) is 0 Å². The van der Waals surface area contributed by atoms with Crippen molar-refractivity contribution in [1.29, 1.82) is 0 Å². The van der Waals surface area contributed by atoms with Crippen LogP contribution in [0.25, 0.3) is 16.4 Å². The zero-order chi connectivity index (χ0) is 27.2. The van der Waals surface area contributed by atoms with Crippen molar-refractivity contribution >= 4 is 48.0 Å².